The molecule has 0 bridgehead atoms. The Kier molecular flexibility index (Phi) is 4.32. The number of hydrogen-bond donors (Lipinski definition) is 1. The molecule has 1 aliphatic carbocycles. The highest BCUT2D eigenvalue weighted by atomic mass is 19.2. The minimum atomic E-state index is -2.35. The number of rotatable bonds is 3. The van der Waals surface area contributed by atoms with Crippen LogP contribution < -0.4 is 5.32 Å². The van der Waals surface area contributed by atoms with E-state index in [0.717, 1.165) is 12.1 Å². The Hall–Kier alpha value is -2.70. The molecule has 1 atom stereocenters. The van der Waals surface area contributed by atoms with Crippen molar-refractivity contribution in [2.75, 3.05) is 0 Å². The first-order valence-corrected chi connectivity index (χ1v) is 7.58. The highest BCUT2D eigenvalue weighted by Crippen LogP contribution is 2.42. The fraction of sp³-hybridized carbons (Fsp3) is 0.222. The van der Waals surface area contributed by atoms with Gasteiger partial charge < -0.3 is 5.32 Å². The standard InChI is InChI=1S/C18H14F4N2O/c1-10-6-7-18(22,12-3-2-8-23-16(10)12)17(25)24-9-11-4-5-13(19)15(21)14(11)20/h2-5,8H,1,6-7,9H2,(H,24,25)/t18-/m0/s1. The molecule has 1 aromatic heterocycles. The number of nitrogens with zero attached hydrogens (tertiary/aromatic N) is 1. The summed E-state index contributed by atoms with van der Waals surface area (Å²) in [6.07, 6.45) is 1.59. The quantitative estimate of drug-likeness (QED) is 0.676. The van der Waals surface area contributed by atoms with Crippen LogP contribution in [0.5, 0.6) is 0 Å². The maximum atomic E-state index is 15.4. The number of fused-ring (bicyclic) bond motifs is 1. The molecule has 0 saturated carbocycles. The number of nitrogens with one attached hydrogen (secondary N) is 1. The smallest absolute Gasteiger partial charge is 0.262 e. The molecule has 7 heteroatoms. The molecule has 25 heavy (non-hydrogen) atoms. The molecule has 3 rings (SSSR count). The van der Waals surface area contributed by atoms with Gasteiger partial charge in [-0.3, -0.25) is 9.78 Å². The number of allylic oxidation sites excluding steroid dienone is 1. The van der Waals surface area contributed by atoms with Gasteiger partial charge in [-0.25, -0.2) is 17.6 Å². The van der Waals surface area contributed by atoms with E-state index in [4.69, 9.17) is 0 Å². The number of carbonyl (C=O) groups excluding carboxylic acids is 1. The number of pyridine rings is 1. The third-order valence-electron chi connectivity index (χ3n) is 4.26. The molecule has 3 nitrogen and oxygen atoms in total. The third-order valence-corrected chi connectivity index (χ3v) is 4.26. The monoisotopic (exact) mass is 350 g/mol. The van der Waals surface area contributed by atoms with Crippen molar-refractivity contribution in [3.05, 3.63) is 71.3 Å². The average Bonchev–Trinajstić information content (AvgIpc) is 2.62. The summed E-state index contributed by atoms with van der Waals surface area (Å²) in [5.74, 6) is -5.36. The maximum absolute atomic E-state index is 15.4. The van der Waals surface area contributed by atoms with Crippen LogP contribution in [0.2, 0.25) is 0 Å². The lowest BCUT2D eigenvalue weighted by Gasteiger charge is -2.31. The van der Waals surface area contributed by atoms with Gasteiger partial charge in [-0.2, -0.15) is 0 Å². The van der Waals surface area contributed by atoms with Crippen LogP contribution in [0.15, 0.2) is 37.0 Å². The van der Waals surface area contributed by atoms with Gasteiger partial charge in [0.05, 0.1) is 5.69 Å². The highest BCUT2D eigenvalue weighted by Gasteiger charge is 2.45. The van der Waals surface area contributed by atoms with Crippen molar-refractivity contribution >= 4 is 11.5 Å². The van der Waals surface area contributed by atoms with Crippen molar-refractivity contribution in [2.24, 2.45) is 0 Å². The molecule has 0 fully saturated rings. The van der Waals surface area contributed by atoms with Crippen molar-refractivity contribution < 1.29 is 22.4 Å². The molecule has 1 heterocycles. The van der Waals surface area contributed by atoms with Crippen molar-refractivity contribution in [3.63, 3.8) is 0 Å². The molecule has 0 radical (unpaired) electrons. The Morgan fingerprint density at radius 2 is 2.00 bits per heavy atom. The van der Waals surface area contributed by atoms with E-state index in [1.165, 1.54) is 18.3 Å². The van der Waals surface area contributed by atoms with Gasteiger partial charge in [-0.1, -0.05) is 18.7 Å². The van der Waals surface area contributed by atoms with Crippen molar-refractivity contribution in [2.45, 2.75) is 25.1 Å². The predicted molar refractivity (Wildman–Crippen MR) is 83.5 cm³/mol. The maximum Gasteiger partial charge on any atom is 0.262 e. The van der Waals surface area contributed by atoms with Crippen LogP contribution >= 0.6 is 0 Å². The van der Waals surface area contributed by atoms with Gasteiger partial charge in [-0.05, 0) is 30.5 Å². The van der Waals surface area contributed by atoms with Gasteiger partial charge in [0.25, 0.3) is 5.91 Å². The molecule has 1 aromatic carbocycles. The normalized spacial score (nSPS) is 19.4. The van der Waals surface area contributed by atoms with Crippen LogP contribution in [0, 0.1) is 17.5 Å². The average molecular weight is 350 g/mol. The largest absolute Gasteiger partial charge is 0.349 e. The molecule has 0 unspecified atom stereocenters. The SMILES string of the molecule is C=C1CC[C@@](F)(C(=O)NCc2ccc(F)c(F)c2F)c2cccnc21. The second-order valence-corrected chi connectivity index (χ2v) is 5.82. The van der Waals surface area contributed by atoms with E-state index in [2.05, 4.69) is 16.9 Å². The lowest BCUT2D eigenvalue weighted by molar-refractivity contribution is -0.134. The van der Waals surface area contributed by atoms with E-state index >= 15 is 4.39 Å². The molecule has 0 saturated heterocycles. The Balaban J connectivity index is 1.84. The first kappa shape index (κ1) is 17.1. The number of aromatic nitrogens is 1. The van der Waals surface area contributed by atoms with E-state index in [-0.39, 0.29) is 24.0 Å². The summed E-state index contributed by atoms with van der Waals surface area (Å²) in [6, 6.07) is 4.70. The summed E-state index contributed by atoms with van der Waals surface area (Å²) in [5.41, 5.74) is -1.58. The number of carbonyl (C=O) groups is 1. The first-order chi connectivity index (χ1) is 11.8. The summed E-state index contributed by atoms with van der Waals surface area (Å²) in [4.78, 5) is 16.5. The van der Waals surface area contributed by atoms with Crippen LogP contribution in [-0.2, 0) is 17.0 Å². The zero-order chi connectivity index (χ0) is 18.2. The summed E-state index contributed by atoms with van der Waals surface area (Å²) in [5, 5.41) is 2.25. The van der Waals surface area contributed by atoms with E-state index in [0.29, 0.717) is 11.3 Å². The minimum absolute atomic E-state index is 0.0921. The molecule has 0 aliphatic heterocycles. The molecule has 1 amide bonds. The Bertz CT molecular complexity index is 868. The molecular formula is C18H14F4N2O. The van der Waals surface area contributed by atoms with Crippen LogP contribution in [0.25, 0.3) is 5.57 Å². The minimum Gasteiger partial charge on any atom is -0.349 e. The third kappa shape index (κ3) is 2.90. The first-order valence-electron chi connectivity index (χ1n) is 7.58. The lowest BCUT2D eigenvalue weighted by Crippen LogP contribution is -2.43. The van der Waals surface area contributed by atoms with E-state index in [1.54, 1.807) is 0 Å². The predicted octanol–water partition coefficient (Wildman–Crippen LogP) is 3.79. The van der Waals surface area contributed by atoms with Gasteiger partial charge in [-0.15, -0.1) is 0 Å². The second kappa shape index (κ2) is 6.31. The number of amides is 1. The van der Waals surface area contributed by atoms with Crippen LogP contribution in [0.3, 0.4) is 0 Å². The number of hydrogen-bond acceptors (Lipinski definition) is 2. The summed E-state index contributed by atoms with van der Waals surface area (Å²) < 4.78 is 55.2. The zero-order valence-corrected chi connectivity index (χ0v) is 13.1. The van der Waals surface area contributed by atoms with Crippen LogP contribution in [0.1, 0.15) is 29.7 Å². The summed E-state index contributed by atoms with van der Waals surface area (Å²) in [6.45, 7) is 3.35. The van der Waals surface area contributed by atoms with E-state index in [9.17, 15) is 18.0 Å². The molecule has 130 valence electrons. The van der Waals surface area contributed by atoms with Crippen molar-refractivity contribution in [1.29, 1.82) is 0 Å². The fourth-order valence-electron chi connectivity index (χ4n) is 2.84. The van der Waals surface area contributed by atoms with E-state index in [1.807, 2.05) is 0 Å². The van der Waals surface area contributed by atoms with E-state index < -0.39 is 35.6 Å². The highest BCUT2D eigenvalue weighted by molar-refractivity contribution is 5.89. The second-order valence-electron chi connectivity index (χ2n) is 5.82. The number of alkyl halides is 1. The fourth-order valence-corrected chi connectivity index (χ4v) is 2.84. The van der Waals surface area contributed by atoms with Crippen LogP contribution in [0.4, 0.5) is 17.6 Å². The Morgan fingerprint density at radius 1 is 1.24 bits per heavy atom. The zero-order valence-electron chi connectivity index (χ0n) is 13.1. The summed E-state index contributed by atoms with van der Waals surface area (Å²) in [7, 11) is 0. The molecule has 2 aromatic rings. The topological polar surface area (TPSA) is 42.0 Å². The number of benzene rings is 1. The van der Waals surface area contributed by atoms with Gasteiger partial charge in [0, 0.05) is 23.9 Å². The van der Waals surface area contributed by atoms with Gasteiger partial charge >= 0.3 is 0 Å². The molecule has 1 aliphatic rings. The van der Waals surface area contributed by atoms with Crippen molar-refractivity contribution in [3.8, 4) is 0 Å². The van der Waals surface area contributed by atoms with Gasteiger partial charge in [0.1, 0.15) is 0 Å². The lowest BCUT2D eigenvalue weighted by atomic mass is 9.80. The Labute approximate surface area is 141 Å². The molecular weight excluding hydrogens is 336 g/mol. The molecule has 0 spiro atoms. The number of halogens is 4. The van der Waals surface area contributed by atoms with Crippen molar-refractivity contribution in [1.82, 2.24) is 10.3 Å². The Morgan fingerprint density at radius 3 is 2.76 bits per heavy atom. The van der Waals surface area contributed by atoms with Gasteiger partial charge in [0.15, 0.2) is 17.5 Å². The van der Waals surface area contributed by atoms with Crippen LogP contribution in [-0.4, -0.2) is 10.9 Å². The molecule has 1 N–H and O–H groups in total. The summed E-state index contributed by atoms with van der Waals surface area (Å²) >= 11 is 0. The van der Waals surface area contributed by atoms with Gasteiger partial charge in [0.2, 0.25) is 5.67 Å².